The van der Waals surface area contributed by atoms with Crippen LogP contribution in [-0.4, -0.2) is 40.0 Å². The largest absolute Gasteiger partial charge is 0.388 e. The molecule has 1 aliphatic heterocycles. The van der Waals surface area contributed by atoms with E-state index in [1.807, 2.05) is 25.2 Å². The topological polar surface area (TPSA) is 59.3 Å². The van der Waals surface area contributed by atoms with E-state index in [0.717, 1.165) is 16.9 Å². The van der Waals surface area contributed by atoms with Crippen molar-refractivity contribution in [3.05, 3.63) is 30.1 Å². The van der Waals surface area contributed by atoms with Crippen LogP contribution in [-0.2, 0) is 11.8 Å². The van der Waals surface area contributed by atoms with Crippen molar-refractivity contribution in [2.45, 2.75) is 31.4 Å². The van der Waals surface area contributed by atoms with Crippen molar-refractivity contribution in [3.8, 4) is 0 Å². The Hall–Kier alpha value is -1.43. The first-order chi connectivity index (χ1) is 10.1. The minimum absolute atomic E-state index is 0.0919. The number of hydrogen-bond donors (Lipinski definition) is 2. The van der Waals surface area contributed by atoms with Crippen LogP contribution in [0.5, 0.6) is 0 Å². The van der Waals surface area contributed by atoms with Crippen molar-refractivity contribution < 1.29 is 9.84 Å². The number of imidazole rings is 1. The number of para-hydroxylation sites is 2. The second-order valence-electron chi connectivity index (χ2n) is 5.96. The molecule has 0 bridgehead atoms. The molecule has 1 fully saturated rings. The zero-order valence-corrected chi connectivity index (χ0v) is 12.7. The molecule has 1 aliphatic rings. The predicted octanol–water partition coefficient (Wildman–Crippen LogP) is 1.77. The van der Waals surface area contributed by atoms with Crippen LogP contribution in [0.4, 0.5) is 0 Å². The molecule has 1 aromatic heterocycles. The monoisotopic (exact) mass is 289 g/mol. The lowest BCUT2D eigenvalue weighted by atomic mass is 9.94. The van der Waals surface area contributed by atoms with Crippen molar-refractivity contribution in [3.63, 3.8) is 0 Å². The standard InChI is InChI=1S/C16H23N3O2/c1-12(17-11-16(20)7-9-21-10-8-16)15-18-13-5-3-4-6-14(13)19(15)2/h3-6,12,17,20H,7-11H2,1-2H3. The third-order valence-corrected chi connectivity index (χ3v) is 4.37. The van der Waals surface area contributed by atoms with Gasteiger partial charge in [-0.1, -0.05) is 12.1 Å². The molecule has 1 saturated heterocycles. The Balaban J connectivity index is 1.72. The molecule has 2 N–H and O–H groups in total. The van der Waals surface area contributed by atoms with Crippen molar-refractivity contribution in [1.82, 2.24) is 14.9 Å². The summed E-state index contributed by atoms with van der Waals surface area (Å²) in [6.07, 6.45) is 1.38. The van der Waals surface area contributed by atoms with Gasteiger partial charge in [0.25, 0.3) is 0 Å². The number of fused-ring (bicyclic) bond motifs is 1. The predicted molar refractivity (Wildman–Crippen MR) is 82.1 cm³/mol. The molecule has 1 unspecified atom stereocenters. The second kappa shape index (κ2) is 5.75. The summed E-state index contributed by atoms with van der Waals surface area (Å²) in [4.78, 5) is 4.69. The zero-order chi connectivity index (χ0) is 14.9. The summed E-state index contributed by atoms with van der Waals surface area (Å²) >= 11 is 0. The second-order valence-corrected chi connectivity index (χ2v) is 5.96. The molecule has 5 nitrogen and oxygen atoms in total. The summed E-state index contributed by atoms with van der Waals surface area (Å²) < 4.78 is 7.42. The molecular weight excluding hydrogens is 266 g/mol. The van der Waals surface area contributed by atoms with Gasteiger partial charge in [0, 0.05) is 39.6 Å². The molecule has 2 aromatic rings. The summed E-state index contributed by atoms with van der Waals surface area (Å²) in [6, 6.07) is 8.22. The highest BCUT2D eigenvalue weighted by Gasteiger charge is 2.30. The minimum atomic E-state index is -0.656. The average molecular weight is 289 g/mol. The fourth-order valence-electron chi connectivity index (χ4n) is 2.91. The van der Waals surface area contributed by atoms with Gasteiger partial charge in [-0.25, -0.2) is 4.98 Å². The molecule has 0 spiro atoms. The van der Waals surface area contributed by atoms with E-state index in [0.29, 0.717) is 32.6 Å². The van der Waals surface area contributed by atoms with E-state index in [4.69, 9.17) is 9.72 Å². The van der Waals surface area contributed by atoms with Crippen molar-refractivity contribution in [2.24, 2.45) is 7.05 Å². The first kappa shape index (κ1) is 14.5. The van der Waals surface area contributed by atoms with E-state index in [1.165, 1.54) is 0 Å². The van der Waals surface area contributed by atoms with Crippen LogP contribution in [0.1, 0.15) is 31.6 Å². The number of aliphatic hydroxyl groups is 1. The first-order valence-corrected chi connectivity index (χ1v) is 7.54. The molecule has 0 saturated carbocycles. The van der Waals surface area contributed by atoms with Crippen molar-refractivity contribution >= 4 is 11.0 Å². The number of rotatable bonds is 4. The number of ether oxygens (including phenoxy) is 1. The maximum atomic E-state index is 10.5. The van der Waals surface area contributed by atoms with E-state index in [1.54, 1.807) is 0 Å². The van der Waals surface area contributed by atoms with Gasteiger partial charge in [0.1, 0.15) is 5.82 Å². The van der Waals surface area contributed by atoms with Gasteiger partial charge in [0.2, 0.25) is 0 Å². The highest BCUT2D eigenvalue weighted by molar-refractivity contribution is 5.75. The Bertz CT molecular complexity index is 617. The molecular formula is C16H23N3O2. The van der Waals surface area contributed by atoms with Crippen LogP contribution < -0.4 is 5.32 Å². The molecule has 0 radical (unpaired) electrons. The highest BCUT2D eigenvalue weighted by atomic mass is 16.5. The lowest BCUT2D eigenvalue weighted by Gasteiger charge is -2.33. The Kier molecular flexibility index (Phi) is 3.97. The third-order valence-electron chi connectivity index (χ3n) is 4.37. The Morgan fingerprint density at radius 3 is 2.81 bits per heavy atom. The Morgan fingerprint density at radius 2 is 2.10 bits per heavy atom. The molecule has 1 aromatic carbocycles. The number of nitrogens with one attached hydrogen (secondary N) is 1. The fraction of sp³-hybridized carbons (Fsp3) is 0.562. The van der Waals surface area contributed by atoms with Crippen LogP contribution >= 0.6 is 0 Å². The SMILES string of the molecule is CC(NCC1(O)CCOCC1)c1nc2ccccc2n1C. The molecule has 0 aliphatic carbocycles. The minimum Gasteiger partial charge on any atom is -0.388 e. The molecule has 2 heterocycles. The Morgan fingerprint density at radius 1 is 1.38 bits per heavy atom. The van der Waals surface area contributed by atoms with Gasteiger partial charge in [0.15, 0.2) is 0 Å². The fourth-order valence-corrected chi connectivity index (χ4v) is 2.91. The van der Waals surface area contributed by atoms with E-state index < -0.39 is 5.60 Å². The summed E-state index contributed by atoms with van der Waals surface area (Å²) in [7, 11) is 2.03. The number of hydrogen-bond acceptors (Lipinski definition) is 4. The van der Waals surface area contributed by atoms with E-state index in [2.05, 4.69) is 22.9 Å². The lowest BCUT2D eigenvalue weighted by molar-refractivity contribution is -0.0627. The van der Waals surface area contributed by atoms with Gasteiger partial charge in [-0.2, -0.15) is 0 Å². The smallest absolute Gasteiger partial charge is 0.126 e. The molecule has 1 atom stereocenters. The van der Waals surface area contributed by atoms with Crippen LogP contribution in [0.15, 0.2) is 24.3 Å². The first-order valence-electron chi connectivity index (χ1n) is 7.54. The summed E-state index contributed by atoms with van der Waals surface area (Å²) in [5.74, 6) is 0.992. The van der Waals surface area contributed by atoms with Crippen LogP contribution in [0.25, 0.3) is 11.0 Å². The molecule has 3 rings (SSSR count). The number of aryl methyl sites for hydroxylation is 1. The number of nitrogens with zero attached hydrogens (tertiary/aromatic N) is 2. The van der Waals surface area contributed by atoms with Gasteiger partial charge < -0.3 is 19.7 Å². The van der Waals surface area contributed by atoms with Crippen molar-refractivity contribution in [2.75, 3.05) is 19.8 Å². The molecule has 21 heavy (non-hydrogen) atoms. The molecule has 5 heteroatoms. The van der Waals surface area contributed by atoms with E-state index >= 15 is 0 Å². The zero-order valence-electron chi connectivity index (χ0n) is 12.7. The van der Waals surface area contributed by atoms with Crippen LogP contribution in [0, 0.1) is 0 Å². The van der Waals surface area contributed by atoms with Gasteiger partial charge in [-0.15, -0.1) is 0 Å². The van der Waals surface area contributed by atoms with Gasteiger partial charge >= 0.3 is 0 Å². The lowest BCUT2D eigenvalue weighted by Crippen LogP contribution is -2.45. The van der Waals surface area contributed by atoms with E-state index in [9.17, 15) is 5.11 Å². The molecule has 114 valence electrons. The number of benzene rings is 1. The maximum Gasteiger partial charge on any atom is 0.126 e. The third kappa shape index (κ3) is 2.95. The summed E-state index contributed by atoms with van der Waals surface area (Å²) in [6.45, 7) is 3.93. The van der Waals surface area contributed by atoms with Gasteiger partial charge in [0.05, 0.1) is 22.7 Å². The molecule has 0 amide bonds. The Labute approximate surface area is 124 Å². The normalized spacial score (nSPS) is 19.8. The average Bonchev–Trinajstić information content (AvgIpc) is 2.84. The summed E-state index contributed by atoms with van der Waals surface area (Å²) in [5.41, 5.74) is 1.48. The van der Waals surface area contributed by atoms with Crippen molar-refractivity contribution in [1.29, 1.82) is 0 Å². The maximum absolute atomic E-state index is 10.5. The van der Waals surface area contributed by atoms with Gasteiger partial charge in [-0.05, 0) is 19.1 Å². The number of aromatic nitrogens is 2. The quantitative estimate of drug-likeness (QED) is 0.900. The van der Waals surface area contributed by atoms with Crippen LogP contribution in [0.2, 0.25) is 0 Å². The summed E-state index contributed by atoms with van der Waals surface area (Å²) in [5, 5.41) is 13.9. The highest BCUT2D eigenvalue weighted by Crippen LogP contribution is 2.22. The van der Waals surface area contributed by atoms with Crippen LogP contribution in [0.3, 0.4) is 0 Å². The van der Waals surface area contributed by atoms with E-state index in [-0.39, 0.29) is 6.04 Å². The van der Waals surface area contributed by atoms with Gasteiger partial charge in [-0.3, -0.25) is 0 Å².